The predicted octanol–water partition coefficient (Wildman–Crippen LogP) is 2.40. The summed E-state index contributed by atoms with van der Waals surface area (Å²) >= 11 is 1.78. The first-order valence-corrected chi connectivity index (χ1v) is 9.81. The molecule has 0 spiro atoms. The first-order chi connectivity index (χ1) is 11.2. The first kappa shape index (κ1) is 18.3. The van der Waals surface area contributed by atoms with Crippen molar-refractivity contribution in [3.63, 3.8) is 0 Å². The number of benzene rings is 1. The lowest BCUT2D eigenvalue weighted by Gasteiger charge is -2.30. The fourth-order valence-electron chi connectivity index (χ4n) is 2.86. The maximum Gasteiger partial charge on any atom is 0.220 e. The van der Waals surface area contributed by atoms with E-state index in [0.29, 0.717) is 13.0 Å². The maximum absolute atomic E-state index is 11.9. The molecule has 0 atom stereocenters. The highest BCUT2D eigenvalue weighted by Gasteiger charge is 2.17. The van der Waals surface area contributed by atoms with E-state index in [4.69, 9.17) is 0 Å². The van der Waals surface area contributed by atoms with Gasteiger partial charge in [0.25, 0.3) is 0 Å². The topological polar surface area (TPSA) is 52.6 Å². The standard InChI is InChI=1S/C18H28N2O2S/c1-23-12-4-7-18(22)19-13-15-5-2-3-6-16(15)14-20-10-8-17(21)9-11-20/h2-3,5-6,17,21H,4,7-14H2,1H3,(H,19,22). The fourth-order valence-corrected chi connectivity index (χ4v) is 3.29. The number of rotatable bonds is 8. The Balaban J connectivity index is 1.83. The van der Waals surface area contributed by atoms with E-state index < -0.39 is 0 Å². The van der Waals surface area contributed by atoms with Crippen LogP contribution >= 0.6 is 11.8 Å². The smallest absolute Gasteiger partial charge is 0.220 e. The van der Waals surface area contributed by atoms with Crippen molar-refractivity contribution in [3.8, 4) is 0 Å². The molecule has 0 unspecified atom stereocenters. The van der Waals surface area contributed by atoms with E-state index in [1.807, 2.05) is 6.07 Å². The second-order valence-corrected chi connectivity index (χ2v) is 7.13. The fraction of sp³-hybridized carbons (Fsp3) is 0.611. The lowest BCUT2D eigenvalue weighted by atomic mass is 10.0. The van der Waals surface area contributed by atoms with Crippen LogP contribution in [0.4, 0.5) is 0 Å². The van der Waals surface area contributed by atoms with Gasteiger partial charge in [0, 0.05) is 32.6 Å². The van der Waals surface area contributed by atoms with E-state index >= 15 is 0 Å². The van der Waals surface area contributed by atoms with Gasteiger partial charge in [-0.1, -0.05) is 24.3 Å². The summed E-state index contributed by atoms with van der Waals surface area (Å²) in [6, 6.07) is 8.31. The summed E-state index contributed by atoms with van der Waals surface area (Å²) in [5.41, 5.74) is 2.46. The van der Waals surface area contributed by atoms with Crippen LogP contribution in [0.2, 0.25) is 0 Å². The third kappa shape index (κ3) is 6.53. The zero-order valence-corrected chi connectivity index (χ0v) is 14.8. The number of piperidine rings is 1. The third-order valence-electron chi connectivity index (χ3n) is 4.30. The van der Waals surface area contributed by atoms with Crippen LogP contribution in [0.1, 0.15) is 36.8 Å². The Morgan fingerprint density at radius 2 is 2.00 bits per heavy atom. The highest BCUT2D eigenvalue weighted by atomic mass is 32.2. The number of nitrogens with one attached hydrogen (secondary N) is 1. The van der Waals surface area contributed by atoms with Gasteiger partial charge in [-0.3, -0.25) is 9.69 Å². The molecule has 1 aliphatic rings. The minimum Gasteiger partial charge on any atom is -0.393 e. The van der Waals surface area contributed by atoms with Crippen molar-refractivity contribution in [2.75, 3.05) is 25.1 Å². The van der Waals surface area contributed by atoms with E-state index in [1.54, 1.807) is 11.8 Å². The van der Waals surface area contributed by atoms with Crippen LogP contribution in [0.25, 0.3) is 0 Å². The maximum atomic E-state index is 11.9. The molecule has 2 N–H and O–H groups in total. The summed E-state index contributed by atoms with van der Waals surface area (Å²) in [7, 11) is 0. The molecule has 0 radical (unpaired) electrons. The molecule has 23 heavy (non-hydrogen) atoms. The number of aliphatic hydroxyl groups excluding tert-OH is 1. The minimum absolute atomic E-state index is 0.134. The van der Waals surface area contributed by atoms with Crippen molar-refractivity contribution >= 4 is 17.7 Å². The van der Waals surface area contributed by atoms with Crippen LogP contribution in [0.15, 0.2) is 24.3 Å². The van der Waals surface area contributed by atoms with Gasteiger partial charge in [0.05, 0.1) is 6.10 Å². The molecule has 0 bridgehead atoms. The van der Waals surface area contributed by atoms with Crippen molar-refractivity contribution in [2.24, 2.45) is 0 Å². The number of thioether (sulfide) groups is 1. The van der Waals surface area contributed by atoms with E-state index in [9.17, 15) is 9.90 Å². The summed E-state index contributed by atoms with van der Waals surface area (Å²) in [5.74, 6) is 1.17. The van der Waals surface area contributed by atoms with Crippen LogP contribution in [-0.4, -0.2) is 47.1 Å². The second kappa shape index (κ2) is 9.96. The second-order valence-electron chi connectivity index (χ2n) is 6.15. The van der Waals surface area contributed by atoms with Gasteiger partial charge in [-0.2, -0.15) is 11.8 Å². The zero-order chi connectivity index (χ0) is 16.5. The molecule has 1 aromatic rings. The molecule has 1 amide bonds. The number of likely N-dealkylation sites (tertiary alicyclic amines) is 1. The zero-order valence-electron chi connectivity index (χ0n) is 14.0. The van der Waals surface area contributed by atoms with Gasteiger partial charge in [-0.05, 0) is 42.4 Å². The van der Waals surface area contributed by atoms with Crippen LogP contribution in [0.3, 0.4) is 0 Å². The number of hydrogen-bond donors (Lipinski definition) is 2. The molecule has 1 heterocycles. The molecule has 5 heteroatoms. The molecule has 0 aromatic heterocycles. The molecule has 1 aromatic carbocycles. The Morgan fingerprint density at radius 1 is 1.30 bits per heavy atom. The SMILES string of the molecule is CSCCCC(=O)NCc1ccccc1CN1CCC(O)CC1. The van der Waals surface area contributed by atoms with Crippen molar-refractivity contribution in [1.82, 2.24) is 10.2 Å². The molecule has 1 aliphatic heterocycles. The highest BCUT2D eigenvalue weighted by Crippen LogP contribution is 2.16. The molecular weight excluding hydrogens is 308 g/mol. The molecule has 0 saturated carbocycles. The van der Waals surface area contributed by atoms with Crippen molar-refractivity contribution in [2.45, 2.75) is 44.9 Å². The first-order valence-electron chi connectivity index (χ1n) is 8.42. The number of carbonyl (C=O) groups is 1. The largest absolute Gasteiger partial charge is 0.393 e. The summed E-state index contributed by atoms with van der Waals surface area (Å²) in [6.45, 7) is 3.38. The average Bonchev–Trinajstić information content (AvgIpc) is 2.56. The number of nitrogens with zero attached hydrogens (tertiary/aromatic N) is 1. The highest BCUT2D eigenvalue weighted by molar-refractivity contribution is 7.98. The normalized spacial score (nSPS) is 16.4. The van der Waals surface area contributed by atoms with Crippen LogP contribution < -0.4 is 5.32 Å². The summed E-state index contributed by atoms with van der Waals surface area (Å²) in [6.07, 6.45) is 5.18. The van der Waals surface area contributed by atoms with Crippen LogP contribution in [-0.2, 0) is 17.9 Å². The van der Waals surface area contributed by atoms with E-state index in [1.165, 1.54) is 11.1 Å². The number of hydrogen-bond acceptors (Lipinski definition) is 4. The van der Waals surface area contributed by atoms with Crippen LogP contribution in [0.5, 0.6) is 0 Å². The summed E-state index contributed by atoms with van der Waals surface area (Å²) in [5, 5.41) is 12.6. The van der Waals surface area contributed by atoms with Crippen molar-refractivity contribution in [3.05, 3.63) is 35.4 Å². The molecule has 4 nitrogen and oxygen atoms in total. The third-order valence-corrected chi connectivity index (χ3v) is 4.99. The van der Waals surface area contributed by atoms with Gasteiger partial charge in [0.2, 0.25) is 5.91 Å². The molecular formula is C18H28N2O2S. The van der Waals surface area contributed by atoms with Gasteiger partial charge in [-0.15, -0.1) is 0 Å². The van der Waals surface area contributed by atoms with E-state index in [0.717, 1.165) is 44.6 Å². The summed E-state index contributed by atoms with van der Waals surface area (Å²) < 4.78 is 0. The Hall–Kier alpha value is -1.04. The van der Waals surface area contributed by atoms with Crippen molar-refractivity contribution in [1.29, 1.82) is 0 Å². The molecule has 128 valence electrons. The van der Waals surface area contributed by atoms with Crippen LogP contribution in [0, 0.1) is 0 Å². The Kier molecular flexibility index (Phi) is 7.92. The molecule has 2 rings (SSSR count). The molecule has 1 saturated heterocycles. The Labute approximate surface area is 143 Å². The number of carbonyl (C=O) groups excluding carboxylic acids is 1. The number of amides is 1. The monoisotopic (exact) mass is 336 g/mol. The van der Waals surface area contributed by atoms with E-state index in [2.05, 4.69) is 34.7 Å². The van der Waals surface area contributed by atoms with Gasteiger partial charge in [0.1, 0.15) is 0 Å². The number of aliphatic hydroxyl groups is 1. The lowest BCUT2D eigenvalue weighted by Crippen LogP contribution is -2.35. The Bertz CT molecular complexity index is 488. The Morgan fingerprint density at radius 3 is 2.70 bits per heavy atom. The molecule has 0 aliphatic carbocycles. The lowest BCUT2D eigenvalue weighted by molar-refractivity contribution is -0.121. The van der Waals surface area contributed by atoms with E-state index in [-0.39, 0.29) is 12.0 Å². The van der Waals surface area contributed by atoms with Gasteiger partial charge < -0.3 is 10.4 Å². The predicted molar refractivity (Wildman–Crippen MR) is 96.4 cm³/mol. The molecule has 1 fully saturated rings. The van der Waals surface area contributed by atoms with Crippen molar-refractivity contribution < 1.29 is 9.90 Å². The average molecular weight is 337 g/mol. The van der Waals surface area contributed by atoms with Gasteiger partial charge >= 0.3 is 0 Å². The minimum atomic E-state index is -0.137. The van der Waals surface area contributed by atoms with Gasteiger partial charge in [0.15, 0.2) is 0 Å². The summed E-state index contributed by atoms with van der Waals surface area (Å²) in [4.78, 5) is 14.3. The van der Waals surface area contributed by atoms with Gasteiger partial charge in [-0.25, -0.2) is 0 Å². The quantitative estimate of drug-likeness (QED) is 0.716.